The smallest absolute Gasteiger partial charge is 0.293 e. The maximum absolute atomic E-state index is 9.74. The third-order valence-electron chi connectivity index (χ3n) is 6.34. The Morgan fingerprint density at radius 3 is 2.45 bits per heavy atom. The average Bonchev–Trinajstić information content (AvgIpc) is 3.59. The molecule has 0 amide bonds. The summed E-state index contributed by atoms with van der Waals surface area (Å²) in [5.41, 5.74) is 4.94. The molecular weight excluding hydrogens is 480 g/mol. The van der Waals surface area contributed by atoms with Gasteiger partial charge in [0, 0.05) is 24.8 Å². The van der Waals surface area contributed by atoms with Gasteiger partial charge in [0.15, 0.2) is 0 Å². The maximum Gasteiger partial charge on any atom is 0.293 e. The molecule has 0 spiro atoms. The summed E-state index contributed by atoms with van der Waals surface area (Å²) in [6, 6.07) is 19.5. The summed E-state index contributed by atoms with van der Waals surface area (Å²) >= 11 is 0. The Morgan fingerprint density at radius 1 is 1.08 bits per heavy atom. The molecule has 0 bridgehead atoms. The molecule has 2 N–H and O–H groups in total. The fourth-order valence-corrected chi connectivity index (χ4v) is 4.36. The van der Waals surface area contributed by atoms with E-state index in [0.29, 0.717) is 18.6 Å². The zero-order valence-corrected chi connectivity index (χ0v) is 21.7. The fraction of sp³-hybridized carbons (Fsp3) is 0.276. The van der Waals surface area contributed by atoms with Crippen molar-refractivity contribution in [1.29, 1.82) is 5.26 Å². The molecule has 196 valence electrons. The number of nitriles is 1. The molecule has 0 atom stereocenters. The van der Waals surface area contributed by atoms with Gasteiger partial charge in [-0.1, -0.05) is 18.2 Å². The topological polar surface area (TPSA) is 104 Å². The summed E-state index contributed by atoms with van der Waals surface area (Å²) in [6.07, 6.45) is 6.07. The number of para-hydroxylation sites is 1. The van der Waals surface area contributed by atoms with Gasteiger partial charge in [-0.2, -0.15) is 10.4 Å². The van der Waals surface area contributed by atoms with Gasteiger partial charge in [0.2, 0.25) is 0 Å². The van der Waals surface area contributed by atoms with Crippen LogP contribution in [0.25, 0.3) is 5.52 Å². The van der Waals surface area contributed by atoms with Crippen LogP contribution in [0.15, 0.2) is 67.0 Å². The first-order valence-corrected chi connectivity index (χ1v) is 12.6. The molecule has 9 heteroatoms. The summed E-state index contributed by atoms with van der Waals surface area (Å²) < 4.78 is 12.2. The molecule has 0 radical (unpaired) electrons. The standard InChI is InChI=1S/C22H19N5O.C7H13NO2/c1-15-20(24-2)14-27-22(15)21(16(12-23)13-25-27)26-17-8-10-19(11-9-17)28-18-6-4-3-5-7-18;9-7-10-6-5-8-3-1-2-4-8/h3-11,13-14,24,26H,1-2H3;7H,1-6H2. The van der Waals surface area contributed by atoms with Crippen molar-refractivity contribution in [1.82, 2.24) is 14.5 Å². The molecule has 4 aromatic rings. The summed E-state index contributed by atoms with van der Waals surface area (Å²) in [4.78, 5) is 12.0. The average molecular weight is 513 g/mol. The molecule has 3 heterocycles. The lowest BCUT2D eigenvalue weighted by atomic mass is 10.1. The van der Waals surface area contributed by atoms with Crippen molar-refractivity contribution in [2.45, 2.75) is 19.8 Å². The van der Waals surface area contributed by atoms with Crippen LogP contribution in [-0.2, 0) is 9.53 Å². The Kier molecular flexibility index (Phi) is 9.16. The first-order chi connectivity index (χ1) is 18.6. The zero-order chi connectivity index (χ0) is 26.7. The van der Waals surface area contributed by atoms with Gasteiger partial charge in [-0.3, -0.25) is 9.69 Å². The molecule has 5 rings (SSSR count). The minimum atomic E-state index is 0.487. The van der Waals surface area contributed by atoms with Crippen molar-refractivity contribution in [3.8, 4) is 17.6 Å². The number of aromatic nitrogens is 2. The monoisotopic (exact) mass is 512 g/mol. The van der Waals surface area contributed by atoms with E-state index < -0.39 is 0 Å². The number of rotatable bonds is 9. The summed E-state index contributed by atoms with van der Waals surface area (Å²) in [5, 5.41) is 20.4. The molecule has 9 nitrogen and oxygen atoms in total. The van der Waals surface area contributed by atoms with E-state index in [9.17, 15) is 10.1 Å². The SMILES string of the molecule is CNc1cn2ncc(C#N)c(Nc3ccc(Oc4ccccc4)cc3)c2c1C.O=COCCN1CCCC1. The second-order valence-electron chi connectivity index (χ2n) is 8.84. The lowest BCUT2D eigenvalue weighted by Gasteiger charge is -2.12. The number of ether oxygens (including phenoxy) is 2. The van der Waals surface area contributed by atoms with Crippen LogP contribution in [0.2, 0.25) is 0 Å². The molecule has 1 saturated heterocycles. The van der Waals surface area contributed by atoms with Crippen molar-refractivity contribution in [3.05, 3.63) is 78.1 Å². The predicted octanol–water partition coefficient (Wildman–Crippen LogP) is 5.35. The highest BCUT2D eigenvalue weighted by atomic mass is 16.5. The number of carbonyl (C=O) groups is 1. The van der Waals surface area contributed by atoms with E-state index in [1.165, 1.54) is 25.9 Å². The second-order valence-corrected chi connectivity index (χ2v) is 8.84. The zero-order valence-electron chi connectivity index (χ0n) is 21.7. The number of nitrogens with one attached hydrogen (secondary N) is 2. The molecule has 1 fully saturated rings. The lowest BCUT2D eigenvalue weighted by molar-refractivity contribution is -0.129. The highest BCUT2D eigenvalue weighted by Crippen LogP contribution is 2.32. The molecular formula is C29H32N6O3. The van der Waals surface area contributed by atoms with Gasteiger partial charge >= 0.3 is 0 Å². The van der Waals surface area contributed by atoms with Crippen LogP contribution in [0.3, 0.4) is 0 Å². The number of anilines is 3. The van der Waals surface area contributed by atoms with Gasteiger partial charge in [0.05, 0.1) is 34.8 Å². The molecule has 2 aromatic carbocycles. The molecule has 0 aliphatic carbocycles. The van der Waals surface area contributed by atoms with Gasteiger partial charge in [-0.25, -0.2) is 4.52 Å². The Labute approximate surface area is 222 Å². The van der Waals surface area contributed by atoms with E-state index >= 15 is 0 Å². The fourth-order valence-electron chi connectivity index (χ4n) is 4.36. The van der Waals surface area contributed by atoms with Crippen molar-refractivity contribution in [3.63, 3.8) is 0 Å². The second kappa shape index (κ2) is 13.1. The number of likely N-dealkylation sites (tertiary alicyclic amines) is 1. The quantitative estimate of drug-likeness (QED) is 0.229. The van der Waals surface area contributed by atoms with Crippen LogP contribution in [0, 0.1) is 18.3 Å². The number of aryl methyl sites for hydroxylation is 1. The number of hydrogen-bond donors (Lipinski definition) is 2. The molecule has 1 aliphatic heterocycles. The summed E-state index contributed by atoms with van der Waals surface area (Å²) in [5.74, 6) is 1.53. The van der Waals surface area contributed by atoms with Gasteiger partial charge in [0.25, 0.3) is 6.47 Å². The lowest BCUT2D eigenvalue weighted by Crippen LogP contribution is -2.23. The number of benzene rings is 2. The van der Waals surface area contributed by atoms with E-state index in [4.69, 9.17) is 4.74 Å². The Bertz CT molecular complexity index is 1370. The van der Waals surface area contributed by atoms with E-state index in [-0.39, 0.29) is 0 Å². The molecule has 2 aromatic heterocycles. The Balaban J connectivity index is 0.000000283. The number of fused-ring (bicyclic) bond motifs is 1. The predicted molar refractivity (Wildman–Crippen MR) is 148 cm³/mol. The van der Waals surface area contributed by atoms with Crippen molar-refractivity contribution in [2.75, 3.05) is 43.9 Å². The molecule has 0 saturated carbocycles. The number of carbonyl (C=O) groups excluding carboxylic acids is 1. The van der Waals surface area contributed by atoms with E-state index in [1.54, 1.807) is 10.7 Å². The van der Waals surface area contributed by atoms with Crippen molar-refractivity contribution in [2.24, 2.45) is 0 Å². The van der Waals surface area contributed by atoms with E-state index in [0.717, 1.165) is 46.2 Å². The maximum atomic E-state index is 9.74. The van der Waals surface area contributed by atoms with E-state index in [2.05, 4.69) is 31.4 Å². The van der Waals surface area contributed by atoms with Crippen LogP contribution < -0.4 is 15.4 Å². The van der Waals surface area contributed by atoms with Crippen LogP contribution in [0.1, 0.15) is 24.0 Å². The first kappa shape index (κ1) is 26.5. The van der Waals surface area contributed by atoms with Gasteiger partial charge < -0.3 is 20.1 Å². The summed E-state index contributed by atoms with van der Waals surface area (Å²) in [6.45, 7) is 6.30. The van der Waals surface area contributed by atoms with Gasteiger partial charge in [-0.05, 0) is 69.3 Å². The van der Waals surface area contributed by atoms with Crippen molar-refractivity contribution >= 4 is 29.1 Å². The highest BCUT2D eigenvalue weighted by Gasteiger charge is 2.15. The van der Waals surface area contributed by atoms with Gasteiger partial charge in [-0.15, -0.1) is 0 Å². The molecule has 1 aliphatic rings. The highest BCUT2D eigenvalue weighted by molar-refractivity contribution is 5.87. The molecule has 38 heavy (non-hydrogen) atoms. The number of nitrogens with zero attached hydrogens (tertiary/aromatic N) is 4. The van der Waals surface area contributed by atoms with Gasteiger partial charge in [0.1, 0.15) is 24.2 Å². The third-order valence-corrected chi connectivity index (χ3v) is 6.34. The van der Waals surface area contributed by atoms with Crippen LogP contribution >= 0.6 is 0 Å². The van der Waals surface area contributed by atoms with Crippen LogP contribution in [0.5, 0.6) is 11.5 Å². The first-order valence-electron chi connectivity index (χ1n) is 12.6. The summed E-state index contributed by atoms with van der Waals surface area (Å²) in [7, 11) is 1.87. The normalized spacial score (nSPS) is 12.8. The third kappa shape index (κ3) is 6.60. The largest absolute Gasteiger partial charge is 0.467 e. The molecule has 0 unspecified atom stereocenters. The van der Waals surface area contributed by atoms with Crippen LogP contribution in [-0.4, -0.2) is 54.3 Å². The Morgan fingerprint density at radius 2 is 1.79 bits per heavy atom. The minimum absolute atomic E-state index is 0.487. The Hall–Kier alpha value is -4.55. The van der Waals surface area contributed by atoms with E-state index in [1.807, 2.05) is 74.8 Å². The van der Waals surface area contributed by atoms with Crippen LogP contribution in [0.4, 0.5) is 17.1 Å². The number of hydrogen-bond acceptors (Lipinski definition) is 8. The van der Waals surface area contributed by atoms with Crippen molar-refractivity contribution < 1.29 is 14.3 Å². The minimum Gasteiger partial charge on any atom is -0.467 e.